The van der Waals surface area contributed by atoms with Gasteiger partial charge >= 0.3 is 0 Å². The number of nitrogens with one attached hydrogen (secondary N) is 2. The lowest BCUT2D eigenvalue weighted by Gasteiger charge is -2.42. The van der Waals surface area contributed by atoms with Gasteiger partial charge in [-0.25, -0.2) is 4.98 Å². The Kier molecular flexibility index (Phi) is 16.1. The second kappa shape index (κ2) is 18.6. The van der Waals surface area contributed by atoms with Crippen LogP contribution < -0.4 is 25.2 Å². The van der Waals surface area contributed by atoms with Crippen molar-refractivity contribution < 1.29 is 19.8 Å². The Hall–Kier alpha value is -2.61. The van der Waals surface area contributed by atoms with Crippen LogP contribution in [-0.2, 0) is 4.79 Å². The van der Waals surface area contributed by atoms with Crippen molar-refractivity contribution in [2.45, 2.75) is 89.9 Å². The maximum absolute atomic E-state index is 13.3. The number of fused-ring (bicyclic) bond motifs is 1. The lowest BCUT2D eigenvalue weighted by Crippen LogP contribution is -2.54. The molecule has 6 rings (SSSR count). The standard InChI is InChI=1S/C34H50N8O3.3ClH.H2O/c1-6-28-33(44)39(4)29-20-35-34(38-31(29)42(28)22(2)3)37-27-14-9-24(19-30(27)45-5)32(43)36-25-10-12-26(13-11-25)41-17-15-40(16-18-41)21-23-7-8-23;;;;/h9,14,19-20,22-23,25-26,28H,6-8,10-13,15-18,21H2,1-5H3,(H,36,43)(H,35,37,38);3*1H;1H2/t25?,26?,28-;;;;/m1..../s1. The minimum absolute atomic E-state index is 0. The Balaban J connectivity index is 0.00000208. The number of likely N-dealkylation sites (N-methyl/N-ethyl adjacent to an activating group) is 1. The molecule has 0 unspecified atom stereocenters. The number of nitrogens with zero attached hydrogens (tertiary/aromatic N) is 6. The largest absolute Gasteiger partial charge is 0.495 e. The number of amides is 2. The number of ether oxygens (including phenoxy) is 1. The monoisotopic (exact) mass is 744 g/mol. The fourth-order valence-corrected chi connectivity index (χ4v) is 7.32. The molecule has 2 aromatic rings. The molecule has 12 nitrogen and oxygen atoms in total. The molecule has 49 heavy (non-hydrogen) atoms. The van der Waals surface area contributed by atoms with Gasteiger partial charge < -0.3 is 35.5 Å². The molecular formula is C34H55Cl3N8O4. The van der Waals surface area contributed by atoms with Gasteiger partial charge in [0.1, 0.15) is 17.5 Å². The van der Waals surface area contributed by atoms with Crippen molar-refractivity contribution in [2.75, 3.05) is 62.0 Å². The Bertz CT molecular complexity index is 1390. The molecule has 4 N–H and O–H groups in total. The van der Waals surface area contributed by atoms with E-state index in [1.165, 1.54) is 45.6 Å². The molecule has 2 amide bonds. The van der Waals surface area contributed by atoms with Crippen LogP contribution in [0.5, 0.6) is 5.75 Å². The van der Waals surface area contributed by atoms with E-state index >= 15 is 0 Å². The van der Waals surface area contributed by atoms with Crippen molar-refractivity contribution in [1.82, 2.24) is 25.1 Å². The van der Waals surface area contributed by atoms with Crippen LogP contribution in [0, 0.1) is 5.92 Å². The van der Waals surface area contributed by atoms with Crippen molar-refractivity contribution in [3.8, 4) is 5.75 Å². The van der Waals surface area contributed by atoms with E-state index in [9.17, 15) is 9.59 Å². The number of hydrogen-bond acceptors (Lipinski definition) is 9. The van der Waals surface area contributed by atoms with Crippen LogP contribution in [0.3, 0.4) is 0 Å². The molecule has 4 aliphatic rings. The number of hydrogen-bond donors (Lipinski definition) is 2. The summed E-state index contributed by atoms with van der Waals surface area (Å²) in [5, 5.41) is 6.55. The van der Waals surface area contributed by atoms with Crippen LogP contribution in [-0.4, -0.2) is 108 Å². The van der Waals surface area contributed by atoms with Gasteiger partial charge in [-0.2, -0.15) is 4.98 Å². The minimum Gasteiger partial charge on any atom is -0.495 e. The summed E-state index contributed by atoms with van der Waals surface area (Å²) in [4.78, 5) is 44.6. The zero-order valence-electron chi connectivity index (χ0n) is 29.3. The van der Waals surface area contributed by atoms with Crippen molar-refractivity contribution in [3.63, 3.8) is 0 Å². The molecule has 1 atom stereocenters. The summed E-state index contributed by atoms with van der Waals surface area (Å²) in [6.07, 6.45) is 9.51. The summed E-state index contributed by atoms with van der Waals surface area (Å²) in [7, 11) is 3.36. The van der Waals surface area contributed by atoms with Gasteiger partial charge in [0.15, 0.2) is 5.82 Å². The Morgan fingerprint density at radius 1 is 1.02 bits per heavy atom. The maximum atomic E-state index is 13.3. The number of benzene rings is 1. The highest BCUT2D eigenvalue weighted by Gasteiger charge is 2.38. The van der Waals surface area contributed by atoms with Crippen LogP contribution in [0.4, 0.5) is 23.1 Å². The van der Waals surface area contributed by atoms with E-state index in [0.717, 1.165) is 37.4 Å². The molecule has 0 radical (unpaired) electrons. The van der Waals surface area contributed by atoms with E-state index in [2.05, 4.69) is 44.2 Å². The van der Waals surface area contributed by atoms with E-state index in [0.29, 0.717) is 41.1 Å². The summed E-state index contributed by atoms with van der Waals surface area (Å²) in [6, 6.07) is 6.05. The quantitative estimate of drug-likeness (QED) is 0.355. The fourth-order valence-electron chi connectivity index (χ4n) is 7.32. The van der Waals surface area contributed by atoms with Gasteiger partial charge in [-0.05, 0) is 82.9 Å². The van der Waals surface area contributed by atoms with E-state index in [1.807, 2.05) is 19.1 Å². The zero-order valence-corrected chi connectivity index (χ0v) is 31.8. The Morgan fingerprint density at radius 3 is 2.29 bits per heavy atom. The third-order valence-electron chi connectivity index (χ3n) is 10.1. The number of anilines is 4. The molecule has 15 heteroatoms. The third-order valence-corrected chi connectivity index (χ3v) is 10.1. The number of aromatic nitrogens is 2. The van der Waals surface area contributed by atoms with E-state index in [-0.39, 0.29) is 72.6 Å². The SMILES string of the molecule is CC[C@@H]1C(=O)N(C)c2cnc(Nc3ccc(C(=O)NC4CCC(N5CCN(CC6CC6)CC5)CC4)cc3OC)nc2N1C(C)C.Cl.Cl.Cl.O. The highest BCUT2D eigenvalue weighted by atomic mass is 35.5. The molecule has 276 valence electrons. The van der Waals surface area contributed by atoms with Crippen LogP contribution >= 0.6 is 37.2 Å². The molecule has 1 saturated heterocycles. The van der Waals surface area contributed by atoms with Gasteiger partial charge in [0.2, 0.25) is 11.9 Å². The number of carbonyl (C=O) groups is 2. The second-order valence-corrected chi connectivity index (χ2v) is 13.5. The van der Waals surface area contributed by atoms with Crippen LogP contribution in [0.25, 0.3) is 0 Å². The average molecular weight is 746 g/mol. The summed E-state index contributed by atoms with van der Waals surface area (Å²) in [6.45, 7) is 12.2. The zero-order chi connectivity index (χ0) is 31.7. The van der Waals surface area contributed by atoms with E-state index in [1.54, 1.807) is 31.3 Å². The van der Waals surface area contributed by atoms with Crippen LogP contribution in [0.2, 0.25) is 0 Å². The number of halogens is 3. The van der Waals surface area contributed by atoms with Crippen LogP contribution in [0.1, 0.15) is 76.1 Å². The van der Waals surface area contributed by atoms with Gasteiger partial charge in [0.25, 0.3) is 5.91 Å². The summed E-state index contributed by atoms with van der Waals surface area (Å²) in [5.74, 6) is 2.59. The Morgan fingerprint density at radius 2 is 1.69 bits per heavy atom. The van der Waals surface area contributed by atoms with Crippen molar-refractivity contribution in [3.05, 3.63) is 30.0 Å². The van der Waals surface area contributed by atoms with Crippen LogP contribution in [0.15, 0.2) is 24.4 Å². The molecule has 2 saturated carbocycles. The highest BCUT2D eigenvalue weighted by Crippen LogP contribution is 2.37. The minimum atomic E-state index is -0.278. The van der Waals surface area contributed by atoms with Crippen molar-refractivity contribution in [2.24, 2.45) is 5.92 Å². The molecular weight excluding hydrogens is 691 g/mol. The molecule has 1 aromatic heterocycles. The second-order valence-electron chi connectivity index (χ2n) is 13.5. The van der Waals surface area contributed by atoms with Crippen molar-refractivity contribution in [1.29, 1.82) is 0 Å². The normalized spacial score (nSPS) is 22.5. The van der Waals surface area contributed by atoms with Gasteiger partial charge in [-0.1, -0.05) is 6.92 Å². The molecule has 3 fully saturated rings. The van der Waals surface area contributed by atoms with Gasteiger partial charge in [-0.3, -0.25) is 14.5 Å². The first-order valence-corrected chi connectivity index (χ1v) is 16.9. The molecule has 3 heterocycles. The van der Waals surface area contributed by atoms with Crippen molar-refractivity contribution >= 4 is 72.2 Å². The molecule has 0 spiro atoms. The topological polar surface area (TPSA) is 138 Å². The predicted octanol–water partition coefficient (Wildman–Crippen LogP) is 4.71. The lowest BCUT2D eigenvalue weighted by atomic mass is 9.89. The van der Waals surface area contributed by atoms with E-state index in [4.69, 9.17) is 9.72 Å². The molecule has 0 bridgehead atoms. The maximum Gasteiger partial charge on any atom is 0.251 e. The van der Waals surface area contributed by atoms with Gasteiger partial charge in [0, 0.05) is 63.5 Å². The first-order valence-electron chi connectivity index (χ1n) is 16.9. The highest BCUT2D eigenvalue weighted by molar-refractivity contribution is 6.04. The fraction of sp³-hybridized carbons (Fsp3) is 0.647. The summed E-state index contributed by atoms with van der Waals surface area (Å²) in [5.41, 5.74) is 1.91. The Labute approximate surface area is 309 Å². The van der Waals surface area contributed by atoms with Gasteiger partial charge in [-0.15, -0.1) is 37.2 Å². The first-order chi connectivity index (χ1) is 21.7. The number of rotatable bonds is 10. The average Bonchev–Trinajstić information content (AvgIpc) is 3.87. The summed E-state index contributed by atoms with van der Waals surface area (Å²) < 4.78 is 5.68. The van der Waals surface area contributed by atoms with E-state index < -0.39 is 0 Å². The van der Waals surface area contributed by atoms with Gasteiger partial charge in [0.05, 0.1) is 19.0 Å². The first kappa shape index (κ1) is 42.6. The number of piperazine rings is 1. The number of carbonyl (C=O) groups excluding carboxylic acids is 2. The molecule has 2 aliphatic carbocycles. The lowest BCUT2D eigenvalue weighted by molar-refractivity contribution is -0.120. The summed E-state index contributed by atoms with van der Waals surface area (Å²) >= 11 is 0. The molecule has 1 aromatic carbocycles. The number of methoxy groups -OCH3 is 1. The molecule has 2 aliphatic heterocycles. The predicted molar refractivity (Wildman–Crippen MR) is 203 cm³/mol. The smallest absolute Gasteiger partial charge is 0.251 e. The third kappa shape index (κ3) is 9.59.